The molecule has 0 bridgehead atoms. The van der Waals surface area contributed by atoms with E-state index in [2.05, 4.69) is 9.97 Å². The first-order valence-corrected chi connectivity index (χ1v) is 9.29. The van der Waals surface area contributed by atoms with Crippen LogP contribution in [0.1, 0.15) is 5.69 Å². The Kier molecular flexibility index (Phi) is 3.76. The third-order valence-electron chi connectivity index (χ3n) is 4.30. The molecular formula is C21H14N4OS. The predicted octanol–water partition coefficient (Wildman–Crippen LogP) is 5.38. The minimum Gasteiger partial charge on any atom is -0.464 e. The first-order chi connectivity index (χ1) is 13.3. The fourth-order valence-electron chi connectivity index (χ4n) is 3.01. The van der Waals surface area contributed by atoms with E-state index >= 15 is 0 Å². The first kappa shape index (κ1) is 15.8. The summed E-state index contributed by atoms with van der Waals surface area (Å²) < 4.78 is 5.68. The highest BCUT2D eigenvalue weighted by Crippen LogP contribution is 2.38. The molecule has 0 amide bonds. The number of nitrogens with zero attached hydrogens (tertiary/aromatic N) is 4. The molecule has 5 heterocycles. The fourth-order valence-corrected chi connectivity index (χ4v) is 4.07. The van der Waals surface area contributed by atoms with Crippen molar-refractivity contribution in [3.8, 4) is 32.5 Å². The molecule has 5 rings (SSSR count). The molecule has 0 aliphatic rings. The lowest BCUT2D eigenvalue weighted by Crippen LogP contribution is -1.91. The second-order valence-electron chi connectivity index (χ2n) is 6.08. The number of thiazole rings is 1. The molecule has 0 aromatic carbocycles. The number of fused-ring (bicyclic) bond motifs is 1. The van der Waals surface area contributed by atoms with Crippen LogP contribution in [0.4, 0.5) is 0 Å². The van der Waals surface area contributed by atoms with Gasteiger partial charge in [0.25, 0.3) is 0 Å². The molecule has 0 fully saturated rings. The maximum Gasteiger partial charge on any atom is 0.138 e. The van der Waals surface area contributed by atoms with Gasteiger partial charge < -0.3 is 4.42 Å². The van der Waals surface area contributed by atoms with Gasteiger partial charge in [0, 0.05) is 35.6 Å². The topological polar surface area (TPSA) is 64.7 Å². The lowest BCUT2D eigenvalue weighted by molar-refractivity contribution is 0.616. The van der Waals surface area contributed by atoms with E-state index in [1.807, 2.05) is 55.6 Å². The number of hydrogen-bond donors (Lipinski definition) is 0. The highest BCUT2D eigenvalue weighted by atomic mass is 32.1. The normalized spacial score (nSPS) is 11.1. The molecule has 5 aromatic heterocycles. The molecule has 5 aromatic rings. The van der Waals surface area contributed by atoms with Crippen molar-refractivity contribution in [3.05, 3.63) is 73.0 Å². The zero-order valence-electron chi connectivity index (χ0n) is 14.5. The molecule has 0 aliphatic heterocycles. The summed E-state index contributed by atoms with van der Waals surface area (Å²) in [6.45, 7) is 2.01. The monoisotopic (exact) mass is 370 g/mol. The van der Waals surface area contributed by atoms with E-state index < -0.39 is 0 Å². The highest BCUT2D eigenvalue weighted by Gasteiger charge is 2.18. The van der Waals surface area contributed by atoms with Gasteiger partial charge in [0.15, 0.2) is 0 Å². The van der Waals surface area contributed by atoms with Crippen molar-refractivity contribution in [2.75, 3.05) is 0 Å². The van der Waals surface area contributed by atoms with E-state index in [1.54, 1.807) is 30.0 Å². The van der Waals surface area contributed by atoms with Gasteiger partial charge in [-0.2, -0.15) is 0 Å². The van der Waals surface area contributed by atoms with Crippen molar-refractivity contribution >= 4 is 22.3 Å². The van der Waals surface area contributed by atoms with Crippen molar-refractivity contribution in [3.63, 3.8) is 0 Å². The molecule has 6 heteroatoms. The van der Waals surface area contributed by atoms with E-state index in [1.165, 1.54) is 0 Å². The quantitative estimate of drug-likeness (QED) is 0.426. The Bertz CT molecular complexity index is 1230. The Morgan fingerprint density at radius 3 is 2.74 bits per heavy atom. The van der Waals surface area contributed by atoms with Gasteiger partial charge in [-0.3, -0.25) is 9.97 Å². The van der Waals surface area contributed by atoms with Crippen LogP contribution in [0.15, 0.2) is 71.7 Å². The van der Waals surface area contributed by atoms with Crippen LogP contribution in [-0.2, 0) is 0 Å². The maximum absolute atomic E-state index is 5.68. The van der Waals surface area contributed by atoms with Crippen LogP contribution < -0.4 is 0 Å². The molecule has 0 saturated heterocycles. The summed E-state index contributed by atoms with van der Waals surface area (Å²) in [7, 11) is 0. The smallest absolute Gasteiger partial charge is 0.138 e. The third kappa shape index (κ3) is 2.80. The van der Waals surface area contributed by atoms with Gasteiger partial charge in [-0.05, 0) is 37.3 Å². The Labute approximate surface area is 159 Å². The molecule has 0 aliphatic carbocycles. The molecule has 0 radical (unpaired) electrons. The van der Waals surface area contributed by atoms with Crippen LogP contribution in [0.3, 0.4) is 0 Å². The zero-order chi connectivity index (χ0) is 18.2. The van der Waals surface area contributed by atoms with Crippen LogP contribution in [-0.4, -0.2) is 19.9 Å². The average molecular weight is 370 g/mol. The van der Waals surface area contributed by atoms with Gasteiger partial charge in [0.1, 0.15) is 10.6 Å². The zero-order valence-corrected chi connectivity index (χ0v) is 15.3. The third-order valence-corrected chi connectivity index (χ3v) is 5.51. The summed E-state index contributed by atoms with van der Waals surface area (Å²) in [5, 5.41) is 1.90. The highest BCUT2D eigenvalue weighted by molar-refractivity contribution is 7.18. The van der Waals surface area contributed by atoms with Crippen molar-refractivity contribution in [2.45, 2.75) is 6.92 Å². The Morgan fingerprint density at radius 2 is 1.93 bits per heavy atom. The van der Waals surface area contributed by atoms with Gasteiger partial charge in [-0.1, -0.05) is 6.07 Å². The molecule has 0 saturated carbocycles. The number of pyridine rings is 3. The Balaban J connectivity index is 1.71. The number of furan rings is 1. The SMILES string of the molecule is Cc1nc(-c2cccnc2)sc1-c1nc(-c2ccccn2)cc2occc12. The fraction of sp³-hybridized carbons (Fsp3) is 0.0476. The van der Waals surface area contributed by atoms with Crippen LogP contribution in [0.25, 0.3) is 43.5 Å². The van der Waals surface area contributed by atoms with Crippen molar-refractivity contribution in [2.24, 2.45) is 0 Å². The minimum absolute atomic E-state index is 0.781. The average Bonchev–Trinajstić information content (AvgIpc) is 3.35. The Morgan fingerprint density at radius 1 is 0.963 bits per heavy atom. The van der Waals surface area contributed by atoms with Gasteiger partial charge in [0.05, 0.1) is 33.9 Å². The summed E-state index contributed by atoms with van der Waals surface area (Å²) in [5.41, 5.74) is 5.19. The first-order valence-electron chi connectivity index (χ1n) is 8.47. The molecule has 0 atom stereocenters. The van der Waals surface area contributed by atoms with E-state index in [-0.39, 0.29) is 0 Å². The van der Waals surface area contributed by atoms with Gasteiger partial charge in [-0.25, -0.2) is 9.97 Å². The van der Waals surface area contributed by atoms with Crippen LogP contribution in [0.2, 0.25) is 0 Å². The van der Waals surface area contributed by atoms with Gasteiger partial charge in [0.2, 0.25) is 0 Å². The predicted molar refractivity (Wildman–Crippen MR) is 106 cm³/mol. The molecular weight excluding hydrogens is 356 g/mol. The van der Waals surface area contributed by atoms with Crippen LogP contribution in [0, 0.1) is 6.92 Å². The summed E-state index contributed by atoms with van der Waals surface area (Å²) in [4.78, 5) is 19.3. The molecule has 5 nitrogen and oxygen atoms in total. The van der Waals surface area contributed by atoms with E-state index in [0.29, 0.717) is 0 Å². The molecule has 0 N–H and O–H groups in total. The van der Waals surface area contributed by atoms with Crippen molar-refractivity contribution in [1.82, 2.24) is 19.9 Å². The van der Waals surface area contributed by atoms with Crippen LogP contribution >= 0.6 is 11.3 Å². The van der Waals surface area contributed by atoms with Crippen molar-refractivity contribution < 1.29 is 4.42 Å². The largest absolute Gasteiger partial charge is 0.464 e. The lowest BCUT2D eigenvalue weighted by atomic mass is 10.1. The number of aryl methyl sites for hydroxylation is 1. The standard InChI is InChI=1S/C21H14N4OS/c1-13-20(27-21(24-13)14-5-4-8-22-12-14)19-15-7-10-26-18(15)11-17(25-19)16-6-2-3-9-23-16/h2-12H,1H3. The minimum atomic E-state index is 0.781. The summed E-state index contributed by atoms with van der Waals surface area (Å²) in [6, 6.07) is 13.6. The van der Waals surface area contributed by atoms with Gasteiger partial charge in [-0.15, -0.1) is 11.3 Å². The van der Waals surface area contributed by atoms with E-state index in [0.717, 1.165) is 49.2 Å². The second-order valence-corrected chi connectivity index (χ2v) is 7.08. The summed E-state index contributed by atoms with van der Waals surface area (Å²) >= 11 is 1.61. The van der Waals surface area contributed by atoms with Crippen molar-refractivity contribution in [1.29, 1.82) is 0 Å². The van der Waals surface area contributed by atoms with E-state index in [9.17, 15) is 0 Å². The second kappa shape index (κ2) is 6.41. The number of hydrogen-bond acceptors (Lipinski definition) is 6. The summed E-state index contributed by atoms with van der Waals surface area (Å²) in [6.07, 6.45) is 7.04. The van der Waals surface area contributed by atoms with E-state index in [4.69, 9.17) is 14.4 Å². The number of rotatable bonds is 3. The molecule has 0 spiro atoms. The van der Waals surface area contributed by atoms with Gasteiger partial charge >= 0.3 is 0 Å². The molecule has 27 heavy (non-hydrogen) atoms. The lowest BCUT2D eigenvalue weighted by Gasteiger charge is -2.05. The van der Waals surface area contributed by atoms with Crippen LogP contribution in [0.5, 0.6) is 0 Å². The molecule has 130 valence electrons. The Hall–Kier alpha value is -3.38. The molecule has 0 unspecified atom stereocenters. The number of aromatic nitrogens is 4. The summed E-state index contributed by atoms with van der Waals surface area (Å²) in [5.74, 6) is 0. The maximum atomic E-state index is 5.68.